The largest absolute Gasteiger partial charge is 0.334 e. The second kappa shape index (κ2) is 5.52. The predicted octanol–water partition coefficient (Wildman–Crippen LogP) is 2.90. The van der Waals surface area contributed by atoms with Gasteiger partial charge in [0.2, 0.25) is 5.91 Å². The van der Waals surface area contributed by atoms with E-state index in [0.29, 0.717) is 0 Å². The first kappa shape index (κ1) is 14.1. The van der Waals surface area contributed by atoms with Crippen molar-refractivity contribution in [2.75, 3.05) is 6.54 Å². The number of aryl methyl sites for hydroxylation is 2. The summed E-state index contributed by atoms with van der Waals surface area (Å²) in [5.74, 6) is 0.839. The van der Waals surface area contributed by atoms with Crippen LogP contribution in [0.25, 0.3) is 10.7 Å². The van der Waals surface area contributed by atoms with Gasteiger partial charge in [0.1, 0.15) is 16.5 Å². The minimum atomic E-state index is 0.0732. The number of likely N-dealkylation sites (tertiary alicyclic amines) is 1. The van der Waals surface area contributed by atoms with Gasteiger partial charge in [-0.15, -0.1) is 11.3 Å². The van der Waals surface area contributed by atoms with Crippen molar-refractivity contribution >= 4 is 17.2 Å². The second-order valence-electron chi connectivity index (χ2n) is 5.39. The Morgan fingerprint density at radius 1 is 1.33 bits per heavy atom. The molecule has 1 atom stereocenters. The molecule has 1 amide bonds. The molecule has 1 saturated heterocycles. The molecule has 5 nitrogen and oxygen atoms in total. The number of nitrogens with zero attached hydrogens (tertiary/aromatic N) is 4. The molecule has 1 aliphatic heterocycles. The zero-order valence-electron chi connectivity index (χ0n) is 12.5. The van der Waals surface area contributed by atoms with Crippen LogP contribution >= 0.6 is 11.3 Å². The van der Waals surface area contributed by atoms with E-state index in [1.807, 2.05) is 30.2 Å². The van der Waals surface area contributed by atoms with Crippen LogP contribution in [0.2, 0.25) is 0 Å². The maximum Gasteiger partial charge on any atom is 0.220 e. The third-order valence-corrected chi connectivity index (χ3v) is 4.68. The van der Waals surface area contributed by atoms with E-state index < -0.39 is 0 Å². The van der Waals surface area contributed by atoms with Crippen molar-refractivity contribution in [1.82, 2.24) is 19.9 Å². The fraction of sp³-hybridized carbons (Fsp3) is 0.467. The molecule has 0 aliphatic carbocycles. The van der Waals surface area contributed by atoms with Gasteiger partial charge in [-0.1, -0.05) is 0 Å². The summed E-state index contributed by atoms with van der Waals surface area (Å²) in [4.78, 5) is 27.2. The Kier molecular flexibility index (Phi) is 3.71. The van der Waals surface area contributed by atoms with Gasteiger partial charge in [0, 0.05) is 24.5 Å². The van der Waals surface area contributed by atoms with Gasteiger partial charge in [-0.2, -0.15) is 0 Å². The highest BCUT2D eigenvalue weighted by atomic mass is 32.1. The summed E-state index contributed by atoms with van der Waals surface area (Å²) in [6.07, 6.45) is 1.99. The molecule has 1 aliphatic rings. The summed E-state index contributed by atoms with van der Waals surface area (Å²) < 4.78 is 0. The Balaban J connectivity index is 2.00. The van der Waals surface area contributed by atoms with Gasteiger partial charge < -0.3 is 4.90 Å². The standard InChI is InChI=1S/C15H18N4OS/c1-9-8-21-15(16-9)13-7-12(17-10(2)18-13)14-5-4-6-19(14)11(3)20/h7-8,14H,4-6H2,1-3H3. The first-order valence-corrected chi connectivity index (χ1v) is 7.98. The maximum absolute atomic E-state index is 11.7. The first-order valence-electron chi connectivity index (χ1n) is 7.10. The Morgan fingerprint density at radius 3 is 2.81 bits per heavy atom. The lowest BCUT2D eigenvalue weighted by atomic mass is 10.1. The van der Waals surface area contributed by atoms with Crippen LogP contribution in [0, 0.1) is 13.8 Å². The van der Waals surface area contributed by atoms with Gasteiger partial charge >= 0.3 is 0 Å². The van der Waals surface area contributed by atoms with Crippen molar-refractivity contribution in [3.63, 3.8) is 0 Å². The number of hydrogen-bond acceptors (Lipinski definition) is 5. The molecule has 0 radical (unpaired) electrons. The van der Waals surface area contributed by atoms with Crippen LogP contribution in [-0.4, -0.2) is 32.3 Å². The van der Waals surface area contributed by atoms with Crippen molar-refractivity contribution < 1.29 is 4.79 Å². The van der Waals surface area contributed by atoms with E-state index in [2.05, 4.69) is 15.0 Å². The first-order chi connectivity index (χ1) is 10.0. The number of thiazole rings is 1. The van der Waals surface area contributed by atoms with Crippen LogP contribution in [0.3, 0.4) is 0 Å². The molecule has 3 rings (SSSR count). The topological polar surface area (TPSA) is 59.0 Å². The third-order valence-electron chi connectivity index (χ3n) is 3.69. The van der Waals surface area contributed by atoms with Crippen LogP contribution in [0.5, 0.6) is 0 Å². The SMILES string of the molecule is CC(=O)N1CCCC1c1cc(-c2nc(C)cs2)nc(C)n1. The average Bonchev–Trinajstić information content (AvgIpc) is 3.06. The van der Waals surface area contributed by atoms with Gasteiger partial charge in [0.15, 0.2) is 0 Å². The van der Waals surface area contributed by atoms with Crippen LogP contribution < -0.4 is 0 Å². The molecule has 2 aromatic heterocycles. The summed E-state index contributed by atoms with van der Waals surface area (Å²) in [6.45, 7) is 6.30. The third kappa shape index (κ3) is 2.81. The highest BCUT2D eigenvalue weighted by Crippen LogP contribution is 2.32. The van der Waals surface area contributed by atoms with Gasteiger partial charge in [0.25, 0.3) is 0 Å². The number of aromatic nitrogens is 3. The molecule has 2 aromatic rings. The monoisotopic (exact) mass is 302 g/mol. The Bertz CT molecular complexity index is 682. The number of hydrogen-bond donors (Lipinski definition) is 0. The molecule has 0 aromatic carbocycles. The van der Waals surface area contributed by atoms with Crippen molar-refractivity contribution in [3.05, 3.63) is 28.7 Å². The van der Waals surface area contributed by atoms with Crippen LogP contribution in [0.15, 0.2) is 11.4 Å². The summed E-state index contributed by atoms with van der Waals surface area (Å²) >= 11 is 1.59. The van der Waals surface area contributed by atoms with Gasteiger partial charge in [-0.25, -0.2) is 15.0 Å². The van der Waals surface area contributed by atoms with E-state index in [9.17, 15) is 4.79 Å². The molecule has 0 bridgehead atoms. The molecule has 3 heterocycles. The molecule has 0 spiro atoms. The normalized spacial score (nSPS) is 18.2. The highest BCUT2D eigenvalue weighted by Gasteiger charge is 2.29. The summed E-state index contributed by atoms with van der Waals surface area (Å²) in [5.41, 5.74) is 2.78. The fourth-order valence-electron chi connectivity index (χ4n) is 2.79. The van der Waals surface area contributed by atoms with E-state index in [1.165, 1.54) is 0 Å². The molecule has 0 N–H and O–H groups in total. The Morgan fingerprint density at radius 2 is 2.14 bits per heavy atom. The molecule has 1 unspecified atom stereocenters. The lowest BCUT2D eigenvalue weighted by Crippen LogP contribution is -2.28. The predicted molar refractivity (Wildman–Crippen MR) is 82.0 cm³/mol. The van der Waals surface area contributed by atoms with E-state index in [0.717, 1.165) is 47.3 Å². The average molecular weight is 302 g/mol. The molecule has 1 fully saturated rings. The van der Waals surface area contributed by atoms with Gasteiger partial charge in [-0.05, 0) is 32.8 Å². The molecule has 110 valence electrons. The molecule has 21 heavy (non-hydrogen) atoms. The zero-order chi connectivity index (χ0) is 15.0. The summed E-state index contributed by atoms with van der Waals surface area (Å²) in [6, 6.07) is 2.06. The molecule has 6 heteroatoms. The number of amides is 1. The minimum absolute atomic E-state index is 0.0732. The van der Waals surface area contributed by atoms with Gasteiger partial charge in [-0.3, -0.25) is 4.79 Å². The molecular weight excluding hydrogens is 284 g/mol. The number of carbonyl (C=O) groups is 1. The van der Waals surface area contributed by atoms with Crippen molar-refractivity contribution in [2.45, 2.75) is 39.7 Å². The van der Waals surface area contributed by atoms with Gasteiger partial charge in [0.05, 0.1) is 11.7 Å². The summed E-state index contributed by atoms with van der Waals surface area (Å²) in [7, 11) is 0. The molecule has 0 saturated carbocycles. The van der Waals surface area contributed by atoms with E-state index in [-0.39, 0.29) is 11.9 Å². The Labute approximate surface area is 128 Å². The minimum Gasteiger partial charge on any atom is -0.334 e. The fourth-order valence-corrected chi connectivity index (χ4v) is 3.55. The van der Waals surface area contributed by atoms with Crippen LogP contribution in [0.4, 0.5) is 0 Å². The lowest BCUT2D eigenvalue weighted by molar-refractivity contribution is -0.129. The smallest absolute Gasteiger partial charge is 0.220 e. The van der Waals surface area contributed by atoms with E-state index >= 15 is 0 Å². The second-order valence-corrected chi connectivity index (χ2v) is 6.25. The van der Waals surface area contributed by atoms with Crippen LogP contribution in [0.1, 0.15) is 43.0 Å². The van der Waals surface area contributed by atoms with Crippen LogP contribution in [-0.2, 0) is 4.79 Å². The number of carbonyl (C=O) groups excluding carboxylic acids is 1. The lowest BCUT2D eigenvalue weighted by Gasteiger charge is -2.23. The van der Waals surface area contributed by atoms with Crippen molar-refractivity contribution in [1.29, 1.82) is 0 Å². The quantitative estimate of drug-likeness (QED) is 0.856. The highest BCUT2D eigenvalue weighted by molar-refractivity contribution is 7.13. The van der Waals surface area contributed by atoms with E-state index in [4.69, 9.17) is 0 Å². The molecular formula is C15H18N4OS. The van der Waals surface area contributed by atoms with Crippen molar-refractivity contribution in [3.8, 4) is 10.7 Å². The Hall–Kier alpha value is -1.82. The maximum atomic E-state index is 11.7. The summed E-state index contributed by atoms with van der Waals surface area (Å²) in [5, 5.41) is 2.93. The number of rotatable bonds is 2. The van der Waals surface area contributed by atoms with E-state index in [1.54, 1.807) is 18.3 Å². The zero-order valence-corrected chi connectivity index (χ0v) is 13.3. The van der Waals surface area contributed by atoms with Crippen molar-refractivity contribution in [2.24, 2.45) is 0 Å².